The molecule has 0 radical (unpaired) electrons. The molecule has 0 saturated heterocycles. The highest BCUT2D eigenvalue weighted by molar-refractivity contribution is 5.79. The molecule has 1 aliphatic carbocycles. The van der Waals surface area contributed by atoms with Gasteiger partial charge in [0.1, 0.15) is 11.9 Å². The standard InChI is InChI=1S/C16H23N3O/c1-11(20)16-18-14-9-13(17)7-8-15(14)19(16)10-12-5-3-2-4-6-12/h7-9,11-12,20H,2-6,10,17H2,1H3. The first-order valence-corrected chi connectivity index (χ1v) is 7.59. The number of nitrogens with zero attached hydrogens (tertiary/aromatic N) is 2. The molecule has 108 valence electrons. The van der Waals surface area contributed by atoms with Crippen LogP contribution in [0.1, 0.15) is 51.0 Å². The molecule has 3 rings (SSSR count). The van der Waals surface area contributed by atoms with Crippen molar-refractivity contribution in [1.82, 2.24) is 9.55 Å². The Hall–Kier alpha value is -1.55. The number of hydrogen-bond acceptors (Lipinski definition) is 3. The molecule has 20 heavy (non-hydrogen) atoms. The number of hydrogen-bond donors (Lipinski definition) is 2. The van der Waals surface area contributed by atoms with E-state index in [1.165, 1.54) is 32.1 Å². The molecule has 0 amide bonds. The van der Waals surface area contributed by atoms with Crippen molar-refractivity contribution in [3.8, 4) is 0 Å². The summed E-state index contributed by atoms with van der Waals surface area (Å²) >= 11 is 0. The van der Waals surface area contributed by atoms with Gasteiger partial charge in [0.15, 0.2) is 0 Å². The highest BCUT2D eigenvalue weighted by Crippen LogP contribution is 2.29. The molecule has 1 heterocycles. The molecule has 4 nitrogen and oxygen atoms in total. The molecule has 1 saturated carbocycles. The molecule has 1 unspecified atom stereocenters. The zero-order valence-electron chi connectivity index (χ0n) is 12.0. The van der Waals surface area contributed by atoms with Gasteiger partial charge in [-0.3, -0.25) is 0 Å². The predicted octanol–water partition coefficient (Wildman–Crippen LogP) is 3.25. The first-order chi connectivity index (χ1) is 9.65. The lowest BCUT2D eigenvalue weighted by Gasteiger charge is -2.23. The van der Waals surface area contributed by atoms with E-state index in [1.54, 1.807) is 6.92 Å². The normalized spacial score (nSPS) is 18.5. The van der Waals surface area contributed by atoms with Gasteiger partial charge in [-0.25, -0.2) is 4.98 Å². The summed E-state index contributed by atoms with van der Waals surface area (Å²) in [6.07, 6.45) is 6.04. The molecule has 1 aromatic carbocycles. The second-order valence-electron chi connectivity index (χ2n) is 6.01. The van der Waals surface area contributed by atoms with Gasteiger partial charge in [0.2, 0.25) is 0 Å². The van der Waals surface area contributed by atoms with Crippen LogP contribution in [0.5, 0.6) is 0 Å². The highest BCUT2D eigenvalue weighted by Gasteiger charge is 2.20. The summed E-state index contributed by atoms with van der Waals surface area (Å²) in [7, 11) is 0. The van der Waals surface area contributed by atoms with Gasteiger partial charge < -0.3 is 15.4 Å². The van der Waals surface area contributed by atoms with Crippen molar-refractivity contribution >= 4 is 16.7 Å². The summed E-state index contributed by atoms with van der Waals surface area (Å²) in [6, 6.07) is 5.82. The summed E-state index contributed by atoms with van der Waals surface area (Å²) in [5.74, 6) is 1.47. The Balaban J connectivity index is 1.99. The third-order valence-corrected chi connectivity index (χ3v) is 4.34. The van der Waals surface area contributed by atoms with Crippen LogP contribution in [-0.4, -0.2) is 14.7 Å². The van der Waals surface area contributed by atoms with Crippen molar-refractivity contribution in [3.05, 3.63) is 24.0 Å². The second-order valence-corrected chi connectivity index (χ2v) is 6.01. The molecule has 1 fully saturated rings. The van der Waals surface area contributed by atoms with E-state index < -0.39 is 6.10 Å². The molecule has 3 N–H and O–H groups in total. The van der Waals surface area contributed by atoms with Crippen molar-refractivity contribution in [1.29, 1.82) is 0 Å². The van der Waals surface area contributed by atoms with Crippen LogP contribution in [0, 0.1) is 5.92 Å². The van der Waals surface area contributed by atoms with E-state index >= 15 is 0 Å². The number of imidazole rings is 1. The lowest BCUT2D eigenvalue weighted by Crippen LogP contribution is -2.17. The lowest BCUT2D eigenvalue weighted by molar-refractivity contribution is 0.180. The minimum Gasteiger partial charge on any atom is -0.399 e. The largest absolute Gasteiger partial charge is 0.399 e. The molecule has 1 aliphatic rings. The van der Waals surface area contributed by atoms with Gasteiger partial charge in [-0.15, -0.1) is 0 Å². The van der Waals surface area contributed by atoms with Gasteiger partial charge in [0.05, 0.1) is 11.0 Å². The average Bonchev–Trinajstić information content (AvgIpc) is 2.78. The van der Waals surface area contributed by atoms with Crippen LogP contribution in [-0.2, 0) is 6.54 Å². The Morgan fingerprint density at radius 3 is 2.80 bits per heavy atom. The lowest BCUT2D eigenvalue weighted by atomic mass is 9.89. The zero-order valence-corrected chi connectivity index (χ0v) is 12.0. The van der Waals surface area contributed by atoms with Crippen molar-refractivity contribution in [2.75, 3.05) is 5.73 Å². The maximum atomic E-state index is 9.99. The number of benzene rings is 1. The molecule has 1 atom stereocenters. The van der Waals surface area contributed by atoms with Crippen LogP contribution in [0.2, 0.25) is 0 Å². The predicted molar refractivity (Wildman–Crippen MR) is 81.4 cm³/mol. The van der Waals surface area contributed by atoms with E-state index in [1.807, 2.05) is 18.2 Å². The number of rotatable bonds is 3. The third kappa shape index (κ3) is 2.52. The van der Waals surface area contributed by atoms with Gasteiger partial charge in [-0.2, -0.15) is 0 Å². The fourth-order valence-corrected chi connectivity index (χ4v) is 3.30. The van der Waals surface area contributed by atoms with E-state index in [-0.39, 0.29) is 0 Å². The Bertz CT molecular complexity index is 597. The maximum absolute atomic E-state index is 9.99. The van der Waals surface area contributed by atoms with E-state index in [0.29, 0.717) is 5.92 Å². The first kappa shape index (κ1) is 13.4. The molecule has 0 spiro atoms. The van der Waals surface area contributed by atoms with Crippen LogP contribution >= 0.6 is 0 Å². The van der Waals surface area contributed by atoms with Crippen LogP contribution < -0.4 is 5.73 Å². The van der Waals surface area contributed by atoms with E-state index in [4.69, 9.17) is 5.73 Å². The van der Waals surface area contributed by atoms with E-state index in [0.717, 1.165) is 29.1 Å². The van der Waals surface area contributed by atoms with Crippen molar-refractivity contribution in [2.24, 2.45) is 5.92 Å². The number of nitrogens with two attached hydrogens (primary N) is 1. The summed E-state index contributed by atoms with van der Waals surface area (Å²) in [4.78, 5) is 4.57. The molecule has 0 bridgehead atoms. The summed E-state index contributed by atoms with van der Waals surface area (Å²) in [5.41, 5.74) is 8.52. The van der Waals surface area contributed by atoms with Crippen molar-refractivity contribution in [3.63, 3.8) is 0 Å². The smallest absolute Gasteiger partial charge is 0.138 e. The van der Waals surface area contributed by atoms with Crippen LogP contribution in [0.3, 0.4) is 0 Å². The van der Waals surface area contributed by atoms with Crippen LogP contribution in [0.4, 0.5) is 5.69 Å². The van der Waals surface area contributed by atoms with E-state index in [9.17, 15) is 5.11 Å². The maximum Gasteiger partial charge on any atom is 0.138 e. The summed E-state index contributed by atoms with van der Waals surface area (Å²) < 4.78 is 2.19. The SMILES string of the molecule is CC(O)c1nc2cc(N)ccc2n1CC1CCCCC1. The average molecular weight is 273 g/mol. The number of nitrogen functional groups attached to an aromatic ring is 1. The monoisotopic (exact) mass is 273 g/mol. The highest BCUT2D eigenvalue weighted by atomic mass is 16.3. The number of aromatic nitrogens is 2. The number of aliphatic hydroxyl groups is 1. The zero-order chi connectivity index (χ0) is 14.1. The summed E-state index contributed by atoms with van der Waals surface area (Å²) in [6.45, 7) is 2.74. The fraction of sp³-hybridized carbons (Fsp3) is 0.562. The number of aliphatic hydroxyl groups excluding tert-OH is 1. The van der Waals surface area contributed by atoms with Crippen LogP contribution in [0.25, 0.3) is 11.0 Å². The van der Waals surface area contributed by atoms with Gasteiger partial charge >= 0.3 is 0 Å². The van der Waals surface area contributed by atoms with Gasteiger partial charge in [-0.05, 0) is 43.9 Å². The first-order valence-electron chi connectivity index (χ1n) is 7.59. The molecule has 2 aromatic rings. The van der Waals surface area contributed by atoms with Crippen molar-refractivity contribution < 1.29 is 5.11 Å². The molecule has 0 aliphatic heterocycles. The minimum atomic E-state index is -0.549. The molecule has 4 heteroatoms. The Morgan fingerprint density at radius 1 is 1.35 bits per heavy atom. The summed E-state index contributed by atoms with van der Waals surface area (Å²) in [5, 5.41) is 9.99. The third-order valence-electron chi connectivity index (χ3n) is 4.34. The molecule has 1 aromatic heterocycles. The number of fused-ring (bicyclic) bond motifs is 1. The van der Waals surface area contributed by atoms with Crippen molar-refractivity contribution in [2.45, 2.75) is 51.7 Å². The Labute approximate surface area is 119 Å². The Morgan fingerprint density at radius 2 is 2.10 bits per heavy atom. The number of anilines is 1. The topological polar surface area (TPSA) is 64.1 Å². The molecular formula is C16H23N3O. The van der Waals surface area contributed by atoms with Crippen LogP contribution in [0.15, 0.2) is 18.2 Å². The quantitative estimate of drug-likeness (QED) is 0.844. The second kappa shape index (κ2) is 5.44. The fourth-order valence-electron chi connectivity index (χ4n) is 3.30. The van der Waals surface area contributed by atoms with Gasteiger partial charge in [0, 0.05) is 12.2 Å². The van der Waals surface area contributed by atoms with Gasteiger partial charge in [0.25, 0.3) is 0 Å². The Kier molecular flexibility index (Phi) is 3.66. The molecular weight excluding hydrogens is 250 g/mol. The van der Waals surface area contributed by atoms with E-state index in [2.05, 4.69) is 9.55 Å². The van der Waals surface area contributed by atoms with Gasteiger partial charge in [-0.1, -0.05) is 19.3 Å². The minimum absolute atomic E-state index is 0.549.